The molecule has 0 bridgehead atoms. The van der Waals surface area contributed by atoms with E-state index in [0.717, 1.165) is 0 Å². The molecular weight excluding hydrogens is 218 g/mol. The SMILES string of the molecule is Cc1ccccc1.NC1CCCCCCCCC1. The van der Waals surface area contributed by atoms with E-state index in [2.05, 4.69) is 19.1 Å². The third-order valence-corrected chi connectivity index (χ3v) is 3.59. The standard InChI is InChI=1S/C10H21N.C7H8/c11-10-8-6-4-2-1-3-5-7-9-10;1-7-5-3-2-4-6-7/h10H,1-9,11H2;2-6H,1H3. The van der Waals surface area contributed by atoms with Gasteiger partial charge in [-0.1, -0.05) is 80.8 Å². The molecular formula is C17H29N. The molecule has 0 atom stereocenters. The van der Waals surface area contributed by atoms with Gasteiger partial charge < -0.3 is 5.73 Å². The third-order valence-electron chi connectivity index (χ3n) is 3.59. The highest BCUT2D eigenvalue weighted by Crippen LogP contribution is 2.15. The molecule has 2 N–H and O–H groups in total. The van der Waals surface area contributed by atoms with Crippen molar-refractivity contribution in [2.75, 3.05) is 0 Å². The maximum absolute atomic E-state index is 5.92. The zero-order chi connectivity index (χ0) is 13.1. The van der Waals surface area contributed by atoms with E-state index in [0.29, 0.717) is 6.04 Å². The molecule has 0 spiro atoms. The van der Waals surface area contributed by atoms with E-state index in [-0.39, 0.29) is 0 Å². The highest BCUT2D eigenvalue weighted by Gasteiger charge is 2.03. The van der Waals surface area contributed by atoms with Crippen molar-refractivity contribution < 1.29 is 0 Å². The molecule has 2 rings (SSSR count). The molecule has 0 heterocycles. The summed E-state index contributed by atoms with van der Waals surface area (Å²) in [7, 11) is 0. The van der Waals surface area contributed by atoms with E-state index >= 15 is 0 Å². The summed E-state index contributed by atoms with van der Waals surface area (Å²) < 4.78 is 0. The Bertz CT molecular complexity index is 271. The molecule has 1 heteroatoms. The topological polar surface area (TPSA) is 26.0 Å². The summed E-state index contributed by atoms with van der Waals surface area (Å²) >= 11 is 0. The second-order valence-electron chi connectivity index (χ2n) is 5.47. The number of hydrogen-bond donors (Lipinski definition) is 1. The summed E-state index contributed by atoms with van der Waals surface area (Å²) in [4.78, 5) is 0. The number of hydrogen-bond acceptors (Lipinski definition) is 1. The summed E-state index contributed by atoms with van der Waals surface area (Å²) in [6, 6.07) is 10.8. The Labute approximate surface area is 113 Å². The second kappa shape index (κ2) is 10.1. The summed E-state index contributed by atoms with van der Waals surface area (Å²) in [6.07, 6.45) is 12.4. The molecule has 0 aliphatic heterocycles. The summed E-state index contributed by atoms with van der Waals surface area (Å²) in [5.74, 6) is 0. The summed E-state index contributed by atoms with van der Waals surface area (Å²) in [5.41, 5.74) is 7.25. The van der Waals surface area contributed by atoms with Gasteiger partial charge in [-0.2, -0.15) is 0 Å². The van der Waals surface area contributed by atoms with Crippen LogP contribution in [0.4, 0.5) is 0 Å². The van der Waals surface area contributed by atoms with Gasteiger partial charge in [0.2, 0.25) is 0 Å². The average molecular weight is 247 g/mol. The van der Waals surface area contributed by atoms with Gasteiger partial charge in [0.25, 0.3) is 0 Å². The van der Waals surface area contributed by atoms with Gasteiger partial charge in [-0.05, 0) is 19.8 Å². The van der Waals surface area contributed by atoms with Gasteiger partial charge >= 0.3 is 0 Å². The van der Waals surface area contributed by atoms with Crippen LogP contribution in [0, 0.1) is 6.92 Å². The summed E-state index contributed by atoms with van der Waals surface area (Å²) in [5, 5.41) is 0. The van der Waals surface area contributed by atoms with Crippen molar-refractivity contribution in [1.29, 1.82) is 0 Å². The molecule has 18 heavy (non-hydrogen) atoms. The van der Waals surface area contributed by atoms with E-state index in [1.54, 1.807) is 0 Å². The van der Waals surface area contributed by atoms with Crippen molar-refractivity contribution in [3.05, 3.63) is 35.9 Å². The van der Waals surface area contributed by atoms with Crippen molar-refractivity contribution in [3.8, 4) is 0 Å². The zero-order valence-corrected chi connectivity index (χ0v) is 11.9. The lowest BCUT2D eigenvalue weighted by Gasteiger charge is -2.13. The molecule has 0 saturated heterocycles. The van der Waals surface area contributed by atoms with Crippen molar-refractivity contribution in [3.63, 3.8) is 0 Å². The van der Waals surface area contributed by atoms with Gasteiger partial charge in [0.05, 0.1) is 0 Å². The molecule has 102 valence electrons. The van der Waals surface area contributed by atoms with Crippen LogP contribution in [0.25, 0.3) is 0 Å². The molecule has 1 fully saturated rings. The maximum atomic E-state index is 5.92. The van der Waals surface area contributed by atoms with Gasteiger partial charge in [-0.3, -0.25) is 0 Å². The number of aryl methyl sites for hydroxylation is 1. The number of rotatable bonds is 0. The molecule has 1 aromatic rings. The molecule has 1 aliphatic rings. The zero-order valence-electron chi connectivity index (χ0n) is 11.9. The molecule has 0 aromatic heterocycles. The van der Waals surface area contributed by atoms with Crippen LogP contribution in [-0.2, 0) is 0 Å². The minimum Gasteiger partial charge on any atom is -0.328 e. The van der Waals surface area contributed by atoms with E-state index < -0.39 is 0 Å². The van der Waals surface area contributed by atoms with Crippen LogP contribution < -0.4 is 5.73 Å². The van der Waals surface area contributed by atoms with Gasteiger partial charge in [-0.15, -0.1) is 0 Å². The first-order chi connectivity index (χ1) is 8.79. The fourth-order valence-corrected chi connectivity index (χ4v) is 2.38. The van der Waals surface area contributed by atoms with E-state index in [9.17, 15) is 0 Å². The number of nitrogens with two attached hydrogens (primary N) is 1. The molecule has 0 unspecified atom stereocenters. The largest absolute Gasteiger partial charge is 0.328 e. The predicted octanol–water partition coefficient (Wildman–Crippen LogP) is 4.83. The number of benzene rings is 1. The van der Waals surface area contributed by atoms with Crippen molar-refractivity contribution in [1.82, 2.24) is 0 Å². The minimum absolute atomic E-state index is 0.507. The molecule has 0 radical (unpaired) electrons. The maximum Gasteiger partial charge on any atom is 0.00388 e. The van der Waals surface area contributed by atoms with Gasteiger partial charge in [0, 0.05) is 6.04 Å². The lowest BCUT2D eigenvalue weighted by atomic mass is 9.98. The van der Waals surface area contributed by atoms with Gasteiger partial charge in [0.15, 0.2) is 0 Å². The molecule has 1 nitrogen and oxygen atoms in total. The normalized spacial score (nSPS) is 18.6. The average Bonchev–Trinajstić information content (AvgIpc) is 2.39. The van der Waals surface area contributed by atoms with Crippen LogP contribution >= 0.6 is 0 Å². The fourth-order valence-electron chi connectivity index (χ4n) is 2.38. The minimum atomic E-state index is 0.507. The Morgan fingerprint density at radius 2 is 1.22 bits per heavy atom. The Kier molecular flexibility index (Phi) is 8.58. The van der Waals surface area contributed by atoms with Crippen molar-refractivity contribution in [2.24, 2.45) is 5.73 Å². The molecule has 1 aliphatic carbocycles. The fraction of sp³-hybridized carbons (Fsp3) is 0.647. The van der Waals surface area contributed by atoms with Crippen LogP contribution in [-0.4, -0.2) is 6.04 Å². The molecule has 1 aromatic carbocycles. The highest BCUT2D eigenvalue weighted by atomic mass is 14.6. The lowest BCUT2D eigenvalue weighted by molar-refractivity contribution is 0.461. The first-order valence-corrected chi connectivity index (χ1v) is 7.56. The van der Waals surface area contributed by atoms with Crippen LogP contribution in [0.15, 0.2) is 30.3 Å². The van der Waals surface area contributed by atoms with Crippen LogP contribution in [0.5, 0.6) is 0 Å². The van der Waals surface area contributed by atoms with Gasteiger partial charge in [0.1, 0.15) is 0 Å². The van der Waals surface area contributed by atoms with Crippen molar-refractivity contribution in [2.45, 2.75) is 70.8 Å². The van der Waals surface area contributed by atoms with E-state index in [4.69, 9.17) is 5.73 Å². The van der Waals surface area contributed by atoms with E-state index in [1.807, 2.05) is 18.2 Å². The summed E-state index contributed by atoms with van der Waals surface area (Å²) in [6.45, 7) is 2.08. The first kappa shape index (κ1) is 15.2. The Morgan fingerprint density at radius 3 is 1.61 bits per heavy atom. The van der Waals surface area contributed by atoms with Crippen LogP contribution in [0.2, 0.25) is 0 Å². The Morgan fingerprint density at radius 1 is 0.778 bits per heavy atom. The third kappa shape index (κ3) is 8.30. The lowest BCUT2D eigenvalue weighted by Crippen LogP contribution is -2.19. The smallest absolute Gasteiger partial charge is 0.00388 e. The molecule has 1 saturated carbocycles. The van der Waals surface area contributed by atoms with Crippen LogP contribution in [0.3, 0.4) is 0 Å². The predicted molar refractivity (Wildman–Crippen MR) is 80.7 cm³/mol. The Hall–Kier alpha value is -0.820. The van der Waals surface area contributed by atoms with E-state index in [1.165, 1.54) is 63.4 Å². The second-order valence-corrected chi connectivity index (χ2v) is 5.47. The highest BCUT2D eigenvalue weighted by molar-refractivity contribution is 5.11. The monoisotopic (exact) mass is 247 g/mol. The van der Waals surface area contributed by atoms with Crippen LogP contribution in [0.1, 0.15) is 63.4 Å². The first-order valence-electron chi connectivity index (χ1n) is 7.56. The van der Waals surface area contributed by atoms with Crippen molar-refractivity contribution >= 4 is 0 Å². The molecule has 0 amide bonds. The van der Waals surface area contributed by atoms with Gasteiger partial charge in [-0.25, -0.2) is 0 Å². The Balaban J connectivity index is 0.000000199. The quantitative estimate of drug-likeness (QED) is 0.698.